The van der Waals surface area contributed by atoms with Crippen molar-refractivity contribution in [2.45, 2.75) is 59.0 Å². The normalized spacial score (nSPS) is 12.2. The fourth-order valence-electron chi connectivity index (χ4n) is 3.34. The number of ether oxygens (including phenoxy) is 1. The van der Waals surface area contributed by atoms with Gasteiger partial charge in [0.05, 0.1) is 0 Å². The van der Waals surface area contributed by atoms with Crippen molar-refractivity contribution < 1.29 is 14.3 Å². The molecule has 2 amide bonds. The molecule has 0 heterocycles. The summed E-state index contributed by atoms with van der Waals surface area (Å²) in [5, 5.41) is 3.69. The van der Waals surface area contributed by atoms with Gasteiger partial charge in [0.15, 0.2) is 6.61 Å². The Morgan fingerprint density at radius 2 is 1.62 bits per heavy atom. The van der Waals surface area contributed by atoms with E-state index in [1.807, 2.05) is 38.1 Å². The number of halogens is 2. The van der Waals surface area contributed by atoms with E-state index in [0.717, 1.165) is 0 Å². The summed E-state index contributed by atoms with van der Waals surface area (Å²) in [7, 11) is 0. The van der Waals surface area contributed by atoms with Crippen LogP contribution in [0.3, 0.4) is 0 Å². The van der Waals surface area contributed by atoms with Gasteiger partial charge in [-0.15, -0.1) is 0 Å². The predicted octanol–water partition coefficient (Wildman–Crippen LogP) is 5.61. The topological polar surface area (TPSA) is 58.6 Å². The van der Waals surface area contributed by atoms with Crippen LogP contribution in [0.1, 0.15) is 52.2 Å². The van der Waals surface area contributed by atoms with E-state index >= 15 is 0 Å². The van der Waals surface area contributed by atoms with Gasteiger partial charge < -0.3 is 15.0 Å². The Kier molecular flexibility index (Phi) is 9.41. The second-order valence-corrected chi connectivity index (χ2v) is 9.42. The van der Waals surface area contributed by atoms with Crippen LogP contribution in [-0.2, 0) is 21.5 Å². The number of nitrogens with one attached hydrogen (secondary N) is 1. The molecule has 0 aliphatic rings. The van der Waals surface area contributed by atoms with E-state index < -0.39 is 6.04 Å². The molecule has 0 aromatic heterocycles. The molecule has 1 atom stereocenters. The number of rotatable bonds is 9. The predicted molar refractivity (Wildman–Crippen MR) is 130 cm³/mol. The summed E-state index contributed by atoms with van der Waals surface area (Å²) >= 11 is 12.7. The molecule has 2 aromatic rings. The maximum Gasteiger partial charge on any atom is 0.261 e. The maximum absolute atomic E-state index is 13.2. The molecule has 0 spiro atoms. The van der Waals surface area contributed by atoms with Crippen LogP contribution >= 0.6 is 23.2 Å². The van der Waals surface area contributed by atoms with Gasteiger partial charge in [0, 0.05) is 28.7 Å². The summed E-state index contributed by atoms with van der Waals surface area (Å²) in [5.74, 6) is 0.0492. The molecule has 0 saturated heterocycles. The quantitative estimate of drug-likeness (QED) is 0.509. The van der Waals surface area contributed by atoms with E-state index in [1.54, 1.807) is 18.2 Å². The molecular formula is C25H32Cl2N2O3. The molecule has 2 rings (SSSR count). The molecule has 0 bridgehead atoms. The van der Waals surface area contributed by atoms with Crippen LogP contribution in [-0.4, -0.2) is 35.9 Å². The maximum atomic E-state index is 13.2. The molecule has 0 unspecified atom stereocenters. The Bertz CT molecular complexity index is 904. The van der Waals surface area contributed by atoms with Crippen LogP contribution in [0, 0.1) is 0 Å². The summed E-state index contributed by atoms with van der Waals surface area (Å²) < 4.78 is 5.76. The van der Waals surface area contributed by atoms with Crippen molar-refractivity contribution in [1.82, 2.24) is 10.2 Å². The summed E-state index contributed by atoms with van der Waals surface area (Å²) in [4.78, 5) is 27.4. The van der Waals surface area contributed by atoms with Gasteiger partial charge in [-0.1, -0.05) is 69.1 Å². The molecule has 5 nitrogen and oxygen atoms in total. The van der Waals surface area contributed by atoms with Crippen molar-refractivity contribution >= 4 is 35.0 Å². The van der Waals surface area contributed by atoms with Crippen LogP contribution in [0.25, 0.3) is 0 Å². The first-order valence-corrected chi connectivity index (χ1v) is 11.6. The van der Waals surface area contributed by atoms with E-state index in [1.165, 1.54) is 10.5 Å². The van der Waals surface area contributed by atoms with Gasteiger partial charge >= 0.3 is 0 Å². The molecule has 174 valence electrons. The fraction of sp³-hybridized carbons (Fsp3) is 0.440. The van der Waals surface area contributed by atoms with Crippen LogP contribution < -0.4 is 10.1 Å². The van der Waals surface area contributed by atoms with Gasteiger partial charge in [-0.2, -0.15) is 0 Å². The summed E-state index contributed by atoms with van der Waals surface area (Å²) in [6, 6.07) is 12.2. The second kappa shape index (κ2) is 11.6. The average Bonchev–Trinajstić information content (AvgIpc) is 2.73. The molecular weight excluding hydrogens is 447 g/mol. The third-order valence-corrected chi connectivity index (χ3v) is 5.92. The van der Waals surface area contributed by atoms with E-state index in [4.69, 9.17) is 27.9 Å². The zero-order valence-corrected chi connectivity index (χ0v) is 20.9. The first-order valence-electron chi connectivity index (χ1n) is 10.8. The number of hydrogen-bond acceptors (Lipinski definition) is 3. The number of carbonyl (C=O) groups excluding carboxylic acids is 2. The highest BCUT2D eigenvalue weighted by Crippen LogP contribution is 2.27. The number of hydrogen-bond donors (Lipinski definition) is 1. The lowest BCUT2D eigenvalue weighted by Crippen LogP contribution is -2.50. The largest absolute Gasteiger partial charge is 0.484 e. The first-order chi connectivity index (χ1) is 15.1. The standard InChI is InChI=1S/C25H32Cl2N2O3/c1-6-22(24(31)28-7-2)29(15-19-20(26)9-8-10-21(19)27)23(30)16-32-18-13-11-17(12-14-18)25(3,4)5/h8-14,22H,6-7,15-16H2,1-5H3,(H,28,31)/t22-/m0/s1. The lowest BCUT2D eigenvalue weighted by molar-refractivity contribution is -0.142. The van der Waals surface area contributed by atoms with Gasteiger partial charge in [0.25, 0.3) is 5.91 Å². The number of benzene rings is 2. The van der Waals surface area contributed by atoms with Crippen molar-refractivity contribution in [3.05, 3.63) is 63.6 Å². The van der Waals surface area contributed by atoms with E-state index in [2.05, 4.69) is 26.1 Å². The molecule has 0 aliphatic carbocycles. The smallest absolute Gasteiger partial charge is 0.261 e. The summed E-state index contributed by atoms with van der Waals surface area (Å²) in [5.41, 5.74) is 1.80. The van der Waals surface area contributed by atoms with Gasteiger partial charge in [0.2, 0.25) is 5.91 Å². The Morgan fingerprint density at radius 1 is 1.03 bits per heavy atom. The monoisotopic (exact) mass is 478 g/mol. The number of likely N-dealkylation sites (N-methyl/N-ethyl adjacent to an activating group) is 1. The lowest BCUT2D eigenvalue weighted by atomic mass is 9.87. The van der Waals surface area contributed by atoms with E-state index in [-0.39, 0.29) is 30.4 Å². The van der Waals surface area contributed by atoms with Crippen LogP contribution in [0.5, 0.6) is 5.75 Å². The van der Waals surface area contributed by atoms with Gasteiger partial charge in [-0.05, 0) is 48.6 Å². The molecule has 0 aliphatic heterocycles. The minimum Gasteiger partial charge on any atom is -0.484 e. The first kappa shape index (κ1) is 26.0. The molecule has 1 N–H and O–H groups in total. The van der Waals surface area contributed by atoms with Crippen LogP contribution in [0.4, 0.5) is 0 Å². The van der Waals surface area contributed by atoms with Crippen molar-refractivity contribution in [3.63, 3.8) is 0 Å². The van der Waals surface area contributed by atoms with Gasteiger partial charge in [0.1, 0.15) is 11.8 Å². The summed E-state index contributed by atoms with van der Waals surface area (Å²) in [6.45, 7) is 10.5. The highest BCUT2D eigenvalue weighted by atomic mass is 35.5. The van der Waals surface area contributed by atoms with Crippen molar-refractivity contribution in [1.29, 1.82) is 0 Å². The van der Waals surface area contributed by atoms with Crippen molar-refractivity contribution in [3.8, 4) is 5.75 Å². The fourth-order valence-corrected chi connectivity index (χ4v) is 3.86. The number of amides is 2. The highest BCUT2D eigenvalue weighted by Gasteiger charge is 2.29. The number of nitrogens with zero attached hydrogens (tertiary/aromatic N) is 1. The SMILES string of the molecule is CCNC(=O)[C@H](CC)N(Cc1c(Cl)cccc1Cl)C(=O)COc1ccc(C(C)(C)C)cc1. The zero-order chi connectivity index (χ0) is 23.9. The minimum absolute atomic E-state index is 0.0281. The van der Waals surface area contributed by atoms with Crippen molar-refractivity contribution in [2.24, 2.45) is 0 Å². The van der Waals surface area contributed by atoms with Crippen LogP contribution in [0.15, 0.2) is 42.5 Å². The van der Waals surface area contributed by atoms with Gasteiger partial charge in [-0.25, -0.2) is 0 Å². The average molecular weight is 479 g/mol. The lowest BCUT2D eigenvalue weighted by Gasteiger charge is -2.31. The molecule has 7 heteroatoms. The summed E-state index contributed by atoms with van der Waals surface area (Å²) in [6.07, 6.45) is 0.444. The molecule has 0 fully saturated rings. The van der Waals surface area contributed by atoms with Crippen LogP contribution in [0.2, 0.25) is 10.0 Å². The Morgan fingerprint density at radius 3 is 2.12 bits per heavy atom. The van der Waals surface area contributed by atoms with E-state index in [0.29, 0.717) is 34.3 Å². The molecule has 32 heavy (non-hydrogen) atoms. The van der Waals surface area contributed by atoms with E-state index in [9.17, 15) is 9.59 Å². The zero-order valence-electron chi connectivity index (χ0n) is 19.4. The highest BCUT2D eigenvalue weighted by molar-refractivity contribution is 6.36. The molecule has 2 aromatic carbocycles. The third-order valence-electron chi connectivity index (χ3n) is 5.21. The van der Waals surface area contributed by atoms with Crippen molar-refractivity contribution in [2.75, 3.05) is 13.2 Å². The Hall–Kier alpha value is -2.24. The molecule has 0 radical (unpaired) electrons. The second-order valence-electron chi connectivity index (χ2n) is 8.60. The Labute approximate surface area is 201 Å². The third kappa shape index (κ3) is 6.88. The Balaban J connectivity index is 2.23. The molecule has 0 saturated carbocycles. The minimum atomic E-state index is -0.665. The van der Waals surface area contributed by atoms with Gasteiger partial charge in [-0.3, -0.25) is 9.59 Å². The number of carbonyl (C=O) groups is 2.